The molecule has 0 unspecified atom stereocenters. The van der Waals surface area contributed by atoms with E-state index in [1.807, 2.05) is 5.32 Å². The lowest BCUT2D eigenvalue weighted by atomic mass is 9.91. The molecule has 0 spiro atoms. The van der Waals surface area contributed by atoms with E-state index in [4.69, 9.17) is 5.73 Å². The third-order valence-corrected chi connectivity index (χ3v) is 4.38. The molecule has 0 aliphatic heterocycles. The first kappa shape index (κ1) is 19.2. The Morgan fingerprint density at radius 1 is 1.09 bits per heavy atom. The lowest BCUT2D eigenvalue weighted by molar-refractivity contribution is -0.719. The third kappa shape index (κ3) is 5.67. The zero-order valence-corrected chi connectivity index (χ0v) is 14.8. The average molecular weight is 320 g/mol. The summed E-state index contributed by atoms with van der Waals surface area (Å²) in [5, 5.41) is 4.13. The number of hydrogen-bond acceptors (Lipinski definition) is 2. The number of primary amides is 1. The maximum atomic E-state index is 11.9. The Labute approximate surface area is 139 Å². The van der Waals surface area contributed by atoms with Gasteiger partial charge in [-0.1, -0.05) is 52.0 Å². The van der Waals surface area contributed by atoms with E-state index in [0.717, 1.165) is 6.42 Å². The van der Waals surface area contributed by atoms with E-state index in [9.17, 15) is 9.59 Å². The average Bonchev–Trinajstić information content (AvgIpc) is 2.50. The number of hydrogen-bond donors (Lipinski definition) is 3. The van der Waals surface area contributed by atoms with Gasteiger partial charge in [0.05, 0.1) is 0 Å². The molecule has 0 radical (unpaired) electrons. The largest absolute Gasteiger partial charge is 0.351 e. The van der Waals surface area contributed by atoms with Crippen LogP contribution in [0, 0.1) is 5.92 Å². The molecule has 0 bridgehead atoms. The number of carbonyl (C=O) groups excluding carboxylic acids is 2. The molecule has 0 saturated carbocycles. The minimum Gasteiger partial charge on any atom is -0.351 e. The number of quaternary nitrogens is 1. The van der Waals surface area contributed by atoms with Crippen LogP contribution in [0.5, 0.6) is 0 Å². The predicted octanol–water partition coefficient (Wildman–Crippen LogP) is 2.04. The van der Waals surface area contributed by atoms with Gasteiger partial charge in [-0.3, -0.25) is 10.1 Å². The molecule has 0 aliphatic carbocycles. The number of nitrogens with two attached hydrogens (primary N) is 2. The monoisotopic (exact) mass is 320 g/mol. The summed E-state index contributed by atoms with van der Waals surface area (Å²) in [4.78, 5) is 22.7. The van der Waals surface area contributed by atoms with E-state index in [1.54, 1.807) is 6.92 Å². The van der Waals surface area contributed by atoms with Crippen LogP contribution < -0.4 is 16.4 Å². The fourth-order valence-corrected chi connectivity index (χ4v) is 2.63. The standard InChI is InChI=1S/C18H29N3O2/c1-6-12(4)14-7-9-15(10-8-14)16(11(2)3)20-13(5)17(22)21-18(19)23/h7-13,16,20H,6H2,1-5H3,(H3,19,21,22,23)/p+1/t12-,13+,16-/m1/s1. The number of imide groups is 1. The van der Waals surface area contributed by atoms with Crippen molar-refractivity contribution in [3.8, 4) is 0 Å². The highest BCUT2D eigenvalue weighted by Gasteiger charge is 2.26. The summed E-state index contributed by atoms with van der Waals surface area (Å²) < 4.78 is 0. The summed E-state index contributed by atoms with van der Waals surface area (Å²) in [6.07, 6.45) is 1.11. The molecule has 0 aromatic heterocycles. The van der Waals surface area contributed by atoms with Crippen molar-refractivity contribution >= 4 is 11.9 Å². The second-order valence-electron chi connectivity index (χ2n) is 6.58. The summed E-state index contributed by atoms with van der Waals surface area (Å²) in [5.74, 6) is 0.540. The Morgan fingerprint density at radius 2 is 1.61 bits per heavy atom. The van der Waals surface area contributed by atoms with Crippen molar-refractivity contribution in [2.24, 2.45) is 11.7 Å². The molecule has 23 heavy (non-hydrogen) atoms. The first-order valence-corrected chi connectivity index (χ1v) is 8.31. The van der Waals surface area contributed by atoms with Crippen molar-refractivity contribution in [1.82, 2.24) is 5.32 Å². The van der Waals surface area contributed by atoms with Gasteiger partial charge in [-0.2, -0.15) is 0 Å². The number of benzene rings is 1. The summed E-state index contributed by atoms with van der Waals surface area (Å²) in [6, 6.07) is 7.57. The third-order valence-electron chi connectivity index (χ3n) is 4.38. The molecule has 1 aromatic carbocycles. The summed E-state index contributed by atoms with van der Waals surface area (Å²) in [7, 11) is 0. The van der Waals surface area contributed by atoms with E-state index in [1.165, 1.54) is 11.1 Å². The van der Waals surface area contributed by atoms with Gasteiger partial charge in [0.15, 0.2) is 6.04 Å². The van der Waals surface area contributed by atoms with Crippen molar-refractivity contribution in [3.63, 3.8) is 0 Å². The molecule has 0 heterocycles. The van der Waals surface area contributed by atoms with E-state index >= 15 is 0 Å². The van der Waals surface area contributed by atoms with Gasteiger partial charge in [-0.15, -0.1) is 0 Å². The van der Waals surface area contributed by atoms with Crippen molar-refractivity contribution in [2.75, 3.05) is 0 Å². The fourth-order valence-electron chi connectivity index (χ4n) is 2.63. The molecule has 1 rings (SSSR count). The van der Waals surface area contributed by atoms with Gasteiger partial charge in [-0.05, 0) is 24.8 Å². The molecule has 0 saturated heterocycles. The van der Waals surface area contributed by atoms with Crippen LogP contribution in [0.2, 0.25) is 0 Å². The highest BCUT2D eigenvalue weighted by atomic mass is 16.2. The fraction of sp³-hybridized carbons (Fsp3) is 0.556. The molecular weight excluding hydrogens is 290 g/mol. The SMILES string of the molecule is CC[C@@H](C)c1ccc([C@H]([NH2+][C@@H](C)C(=O)NC(N)=O)C(C)C)cc1. The van der Waals surface area contributed by atoms with E-state index in [-0.39, 0.29) is 18.0 Å². The molecule has 128 valence electrons. The number of amides is 3. The Morgan fingerprint density at radius 3 is 2.04 bits per heavy atom. The van der Waals surface area contributed by atoms with Gasteiger partial charge >= 0.3 is 6.03 Å². The van der Waals surface area contributed by atoms with Gasteiger partial charge < -0.3 is 11.1 Å². The molecule has 5 heteroatoms. The molecule has 0 aliphatic rings. The Hall–Kier alpha value is -1.88. The van der Waals surface area contributed by atoms with Gasteiger partial charge in [0.1, 0.15) is 6.04 Å². The van der Waals surface area contributed by atoms with Crippen LogP contribution >= 0.6 is 0 Å². The summed E-state index contributed by atoms with van der Waals surface area (Å²) in [5.41, 5.74) is 7.52. The van der Waals surface area contributed by atoms with Crippen molar-refractivity contribution < 1.29 is 14.9 Å². The number of rotatable bonds is 7. The summed E-state index contributed by atoms with van der Waals surface area (Å²) >= 11 is 0. The molecule has 5 nitrogen and oxygen atoms in total. The molecule has 1 aromatic rings. The quantitative estimate of drug-likeness (QED) is 0.718. The van der Waals surface area contributed by atoms with Crippen LogP contribution in [-0.4, -0.2) is 18.0 Å². The van der Waals surface area contributed by atoms with Crippen LogP contribution in [0.3, 0.4) is 0 Å². The van der Waals surface area contributed by atoms with Gasteiger partial charge in [0.25, 0.3) is 5.91 Å². The smallest absolute Gasteiger partial charge is 0.319 e. The van der Waals surface area contributed by atoms with Crippen LogP contribution in [0.4, 0.5) is 4.79 Å². The zero-order valence-electron chi connectivity index (χ0n) is 14.8. The molecule has 0 fully saturated rings. The van der Waals surface area contributed by atoms with Crippen LogP contribution in [0.15, 0.2) is 24.3 Å². The normalized spacial score (nSPS) is 15.0. The minimum atomic E-state index is -0.811. The zero-order chi connectivity index (χ0) is 17.6. The minimum absolute atomic E-state index is 0.148. The topological polar surface area (TPSA) is 88.8 Å². The predicted molar refractivity (Wildman–Crippen MR) is 91.8 cm³/mol. The Bertz CT molecular complexity index is 526. The van der Waals surface area contributed by atoms with Crippen molar-refractivity contribution in [2.45, 2.75) is 59.0 Å². The molecule has 5 N–H and O–H groups in total. The van der Waals surface area contributed by atoms with Crippen LogP contribution in [-0.2, 0) is 4.79 Å². The van der Waals surface area contributed by atoms with E-state index in [0.29, 0.717) is 11.8 Å². The van der Waals surface area contributed by atoms with Crippen molar-refractivity contribution in [3.05, 3.63) is 35.4 Å². The first-order valence-electron chi connectivity index (χ1n) is 8.31. The number of urea groups is 1. The lowest BCUT2D eigenvalue weighted by Gasteiger charge is -2.23. The highest BCUT2D eigenvalue weighted by molar-refractivity contribution is 5.95. The molecule has 3 atom stereocenters. The lowest BCUT2D eigenvalue weighted by Crippen LogP contribution is -2.93. The van der Waals surface area contributed by atoms with E-state index < -0.39 is 6.03 Å². The number of carbonyl (C=O) groups is 2. The van der Waals surface area contributed by atoms with Crippen LogP contribution in [0.1, 0.15) is 64.1 Å². The second kappa shape index (κ2) is 8.67. The highest BCUT2D eigenvalue weighted by Crippen LogP contribution is 2.23. The van der Waals surface area contributed by atoms with Crippen LogP contribution in [0.25, 0.3) is 0 Å². The Kier molecular flexibility index (Phi) is 7.23. The summed E-state index contributed by atoms with van der Waals surface area (Å²) in [6.45, 7) is 10.4. The van der Waals surface area contributed by atoms with E-state index in [2.05, 4.69) is 57.3 Å². The van der Waals surface area contributed by atoms with Gasteiger partial charge in [0, 0.05) is 11.5 Å². The maximum Gasteiger partial charge on any atom is 0.319 e. The maximum absolute atomic E-state index is 11.9. The number of nitrogens with one attached hydrogen (secondary N) is 1. The van der Waals surface area contributed by atoms with Gasteiger partial charge in [-0.25, -0.2) is 4.79 Å². The van der Waals surface area contributed by atoms with Gasteiger partial charge in [0.2, 0.25) is 0 Å². The van der Waals surface area contributed by atoms with Crippen molar-refractivity contribution in [1.29, 1.82) is 0 Å². The second-order valence-corrected chi connectivity index (χ2v) is 6.58. The Balaban J connectivity index is 2.86. The molecular formula is C18H30N3O2+. The first-order chi connectivity index (χ1) is 10.8. The molecule has 3 amide bonds.